The van der Waals surface area contributed by atoms with Gasteiger partial charge in [-0.3, -0.25) is 0 Å². The van der Waals surface area contributed by atoms with Crippen LogP contribution in [0.15, 0.2) is 22.7 Å². The zero-order valence-corrected chi connectivity index (χ0v) is 9.62. The van der Waals surface area contributed by atoms with Crippen molar-refractivity contribution in [3.05, 3.63) is 28.6 Å². The number of halogens is 2. The minimum absolute atomic E-state index is 0.631. The number of aromatic nitrogens is 1. The van der Waals surface area contributed by atoms with Crippen molar-refractivity contribution in [2.24, 2.45) is 0 Å². The molecule has 5 heteroatoms. The third-order valence-corrected chi connectivity index (χ3v) is 3.21. The van der Waals surface area contributed by atoms with Gasteiger partial charge in [0.2, 0.25) is 5.89 Å². The Hall–Kier alpha value is -0.320. The second-order valence-corrected chi connectivity index (χ2v) is 4.63. The summed E-state index contributed by atoms with van der Waals surface area (Å²) in [6.07, 6.45) is 1.71. The summed E-state index contributed by atoms with van der Waals surface area (Å²) in [4.78, 5) is 5.07. The van der Waals surface area contributed by atoms with Gasteiger partial charge in [-0.1, -0.05) is 27.5 Å². The smallest absolute Gasteiger partial charge is 0.205 e. The van der Waals surface area contributed by atoms with E-state index in [1.807, 2.05) is 12.1 Å². The summed E-state index contributed by atoms with van der Waals surface area (Å²) in [5, 5.41) is 0.631. The molecule has 0 saturated heterocycles. The Morgan fingerprint density at radius 3 is 2.92 bits per heavy atom. The number of hydrogen-bond donors (Lipinski definition) is 0. The maximum absolute atomic E-state index is 5.80. The third-order valence-electron chi connectivity index (χ3n) is 1.48. The molecular formula is C8H5BrClNOS. The third kappa shape index (κ3) is 1.95. The lowest BCUT2D eigenvalue weighted by Gasteiger charge is -1.86. The molecule has 2 aromatic rings. The predicted molar refractivity (Wildman–Crippen MR) is 57.5 cm³/mol. The van der Waals surface area contributed by atoms with Crippen molar-refractivity contribution in [3.8, 4) is 10.6 Å². The predicted octanol–water partition coefficient (Wildman–Crippen LogP) is 3.95. The Morgan fingerprint density at radius 2 is 2.38 bits per heavy atom. The minimum Gasteiger partial charge on any atom is -0.439 e. The number of oxazole rings is 1. The van der Waals surface area contributed by atoms with E-state index in [2.05, 4.69) is 20.9 Å². The van der Waals surface area contributed by atoms with Gasteiger partial charge in [-0.05, 0) is 12.1 Å². The van der Waals surface area contributed by atoms with Gasteiger partial charge in [0.15, 0.2) is 5.76 Å². The molecule has 0 unspecified atom stereocenters. The molecule has 0 atom stereocenters. The maximum atomic E-state index is 5.80. The lowest BCUT2D eigenvalue weighted by Crippen LogP contribution is -1.70. The summed E-state index contributed by atoms with van der Waals surface area (Å²) >= 11 is 10.5. The lowest BCUT2D eigenvalue weighted by molar-refractivity contribution is 0.532. The average molecular weight is 279 g/mol. The zero-order chi connectivity index (χ0) is 9.26. The van der Waals surface area contributed by atoms with E-state index in [0.29, 0.717) is 11.2 Å². The van der Waals surface area contributed by atoms with Crippen LogP contribution < -0.4 is 0 Å². The number of hydrogen-bond acceptors (Lipinski definition) is 3. The van der Waals surface area contributed by atoms with Crippen molar-refractivity contribution < 1.29 is 4.42 Å². The first-order chi connectivity index (χ1) is 6.29. The summed E-state index contributed by atoms with van der Waals surface area (Å²) < 4.78 is 6.18. The van der Waals surface area contributed by atoms with Crippen LogP contribution >= 0.6 is 38.9 Å². The number of nitrogens with zero attached hydrogens (tertiary/aromatic N) is 1. The van der Waals surface area contributed by atoms with Gasteiger partial charge >= 0.3 is 0 Å². The van der Waals surface area contributed by atoms with E-state index in [0.717, 1.165) is 15.0 Å². The Bertz CT molecular complexity index is 412. The van der Waals surface area contributed by atoms with Crippen molar-refractivity contribution in [3.63, 3.8) is 0 Å². The van der Waals surface area contributed by atoms with Crippen molar-refractivity contribution >= 4 is 38.9 Å². The Kier molecular flexibility index (Phi) is 2.71. The van der Waals surface area contributed by atoms with Crippen LogP contribution in [0.3, 0.4) is 0 Å². The van der Waals surface area contributed by atoms with Gasteiger partial charge < -0.3 is 4.42 Å². The van der Waals surface area contributed by atoms with E-state index in [1.54, 1.807) is 6.20 Å². The SMILES string of the molecule is Clc1ccc(-c2cnc(CBr)o2)s1. The van der Waals surface area contributed by atoms with Gasteiger partial charge in [-0.25, -0.2) is 4.98 Å². The fourth-order valence-corrected chi connectivity index (χ4v) is 2.18. The molecule has 2 rings (SSSR count). The average Bonchev–Trinajstić information content (AvgIpc) is 2.71. The van der Waals surface area contributed by atoms with E-state index >= 15 is 0 Å². The number of alkyl halides is 1. The van der Waals surface area contributed by atoms with Crippen LogP contribution in [0.5, 0.6) is 0 Å². The summed E-state index contributed by atoms with van der Waals surface area (Å²) in [5.74, 6) is 1.45. The summed E-state index contributed by atoms with van der Waals surface area (Å²) in [7, 11) is 0. The standard InChI is InChI=1S/C8H5BrClNOS/c9-3-8-11-4-5(12-8)6-1-2-7(10)13-6/h1-2,4H,3H2. The molecule has 0 fully saturated rings. The van der Waals surface area contributed by atoms with Gasteiger partial charge in [-0.15, -0.1) is 11.3 Å². The topological polar surface area (TPSA) is 26.0 Å². The van der Waals surface area contributed by atoms with Gasteiger partial charge in [-0.2, -0.15) is 0 Å². The molecule has 0 radical (unpaired) electrons. The number of thiophene rings is 1. The first-order valence-electron chi connectivity index (χ1n) is 3.56. The molecule has 0 aliphatic carbocycles. The second kappa shape index (κ2) is 3.82. The molecule has 2 heterocycles. The Labute approximate surface area is 92.7 Å². The molecule has 68 valence electrons. The van der Waals surface area contributed by atoms with E-state index in [1.165, 1.54) is 11.3 Å². The first kappa shape index (κ1) is 9.24. The highest BCUT2D eigenvalue weighted by atomic mass is 79.9. The van der Waals surface area contributed by atoms with Crippen LogP contribution in [-0.4, -0.2) is 4.98 Å². The maximum Gasteiger partial charge on any atom is 0.205 e. The molecule has 13 heavy (non-hydrogen) atoms. The monoisotopic (exact) mass is 277 g/mol. The Balaban J connectivity index is 2.35. The minimum atomic E-state index is 0.631. The van der Waals surface area contributed by atoms with Crippen LogP contribution in [0.2, 0.25) is 4.34 Å². The van der Waals surface area contributed by atoms with E-state index in [9.17, 15) is 0 Å². The highest BCUT2D eigenvalue weighted by molar-refractivity contribution is 9.08. The van der Waals surface area contributed by atoms with Crippen LogP contribution in [0.4, 0.5) is 0 Å². The summed E-state index contributed by atoms with van der Waals surface area (Å²) in [6, 6.07) is 3.77. The summed E-state index contributed by atoms with van der Waals surface area (Å²) in [6.45, 7) is 0. The fraction of sp³-hybridized carbons (Fsp3) is 0.125. The molecule has 0 amide bonds. The molecule has 0 bridgehead atoms. The molecule has 0 aliphatic heterocycles. The van der Waals surface area contributed by atoms with Gasteiger partial charge in [0, 0.05) is 0 Å². The van der Waals surface area contributed by atoms with Crippen molar-refractivity contribution in [1.82, 2.24) is 4.98 Å². The van der Waals surface area contributed by atoms with E-state index in [4.69, 9.17) is 16.0 Å². The van der Waals surface area contributed by atoms with Crippen molar-refractivity contribution in [1.29, 1.82) is 0 Å². The molecule has 0 aromatic carbocycles. The molecule has 0 aliphatic rings. The summed E-state index contributed by atoms with van der Waals surface area (Å²) in [5.41, 5.74) is 0. The highest BCUT2D eigenvalue weighted by Gasteiger charge is 2.07. The molecule has 0 saturated carbocycles. The van der Waals surface area contributed by atoms with Crippen LogP contribution in [-0.2, 0) is 5.33 Å². The van der Waals surface area contributed by atoms with E-state index < -0.39 is 0 Å². The van der Waals surface area contributed by atoms with Crippen LogP contribution in [0, 0.1) is 0 Å². The van der Waals surface area contributed by atoms with Crippen molar-refractivity contribution in [2.75, 3.05) is 0 Å². The fourth-order valence-electron chi connectivity index (χ4n) is 0.933. The lowest BCUT2D eigenvalue weighted by atomic mass is 10.4. The van der Waals surface area contributed by atoms with Crippen LogP contribution in [0.25, 0.3) is 10.6 Å². The van der Waals surface area contributed by atoms with E-state index in [-0.39, 0.29) is 0 Å². The second-order valence-electron chi connectivity index (χ2n) is 2.36. The highest BCUT2D eigenvalue weighted by Crippen LogP contribution is 2.31. The van der Waals surface area contributed by atoms with Gasteiger partial charge in [0.1, 0.15) is 0 Å². The Morgan fingerprint density at radius 1 is 1.54 bits per heavy atom. The molecule has 0 spiro atoms. The first-order valence-corrected chi connectivity index (χ1v) is 5.87. The largest absolute Gasteiger partial charge is 0.439 e. The normalized spacial score (nSPS) is 10.6. The zero-order valence-electron chi connectivity index (χ0n) is 6.46. The van der Waals surface area contributed by atoms with Gasteiger partial charge in [0.25, 0.3) is 0 Å². The molecular weight excluding hydrogens is 274 g/mol. The quantitative estimate of drug-likeness (QED) is 0.777. The number of rotatable bonds is 2. The molecule has 0 N–H and O–H groups in total. The van der Waals surface area contributed by atoms with Gasteiger partial charge in [0.05, 0.1) is 20.7 Å². The van der Waals surface area contributed by atoms with Crippen molar-refractivity contribution in [2.45, 2.75) is 5.33 Å². The van der Waals surface area contributed by atoms with Crippen LogP contribution in [0.1, 0.15) is 5.89 Å². The molecule has 2 nitrogen and oxygen atoms in total. The molecule has 2 aromatic heterocycles.